The van der Waals surface area contributed by atoms with Crippen molar-refractivity contribution in [2.45, 2.75) is 18.7 Å². The van der Waals surface area contributed by atoms with Gasteiger partial charge in [-0.05, 0) is 79.6 Å². The summed E-state index contributed by atoms with van der Waals surface area (Å²) in [5, 5.41) is 2.74. The van der Waals surface area contributed by atoms with E-state index in [0.717, 1.165) is 5.56 Å². The zero-order valence-electron chi connectivity index (χ0n) is 16.5. The Morgan fingerprint density at radius 3 is 2.37 bits per heavy atom. The van der Waals surface area contributed by atoms with Gasteiger partial charge < -0.3 is 10.1 Å². The highest BCUT2D eigenvalue weighted by atomic mass is 32.2. The molecule has 0 aliphatic rings. The summed E-state index contributed by atoms with van der Waals surface area (Å²) in [4.78, 5) is 12.1. The number of ether oxygens (including phenoxy) is 1. The molecular formula is C22H21FN2O4S. The van der Waals surface area contributed by atoms with Gasteiger partial charge in [0.2, 0.25) is 0 Å². The van der Waals surface area contributed by atoms with E-state index in [4.69, 9.17) is 4.74 Å². The molecule has 0 aromatic heterocycles. The van der Waals surface area contributed by atoms with Gasteiger partial charge in [-0.25, -0.2) is 12.8 Å². The van der Waals surface area contributed by atoms with Crippen molar-refractivity contribution in [2.75, 3.05) is 16.6 Å². The summed E-state index contributed by atoms with van der Waals surface area (Å²) >= 11 is 0. The number of benzene rings is 3. The summed E-state index contributed by atoms with van der Waals surface area (Å²) in [5.41, 5.74) is 2.51. The maximum absolute atomic E-state index is 13.0. The first-order chi connectivity index (χ1) is 14.2. The van der Waals surface area contributed by atoms with Gasteiger partial charge in [-0.15, -0.1) is 0 Å². The Hall–Kier alpha value is -3.39. The summed E-state index contributed by atoms with van der Waals surface area (Å²) in [6, 6.07) is 16.7. The van der Waals surface area contributed by atoms with E-state index < -0.39 is 15.8 Å². The number of rotatable bonds is 7. The van der Waals surface area contributed by atoms with Crippen LogP contribution in [0, 0.1) is 19.7 Å². The van der Waals surface area contributed by atoms with Gasteiger partial charge in [0.05, 0.1) is 4.90 Å². The summed E-state index contributed by atoms with van der Waals surface area (Å²) in [5.74, 6) is -0.383. The average Bonchev–Trinajstić information content (AvgIpc) is 2.68. The molecule has 2 N–H and O–H groups in total. The molecule has 156 valence electrons. The minimum atomic E-state index is -3.85. The highest BCUT2D eigenvalue weighted by molar-refractivity contribution is 7.92. The molecule has 30 heavy (non-hydrogen) atoms. The predicted octanol–water partition coefficient (Wildman–Crippen LogP) is 4.26. The Morgan fingerprint density at radius 2 is 1.70 bits per heavy atom. The number of halogens is 1. The third-order valence-corrected chi connectivity index (χ3v) is 5.59. The molecule has 1 amide bonds. The van der Waals surface area contributed by atoms with Gasteiger partial charge in [0.15, 0.2) is 6.61 Å². The van der Waals surface area contributed by atoms with Gasteiger partial charge in [0, 0.05) is 11.4 Å². The second kappa shape index (κ2) is 8.96. The molecule has 0 radical (unpaired) electrons. The van der Waals surface area contributed by atoms with E-state index in [-0.39, 0.29) is 23.1 Å². The SMILES string of the molecule is Cc1cccc(NC(=O)COc2ccc(S(=O)(=O)Nc3ccc(F)cc3)cc2C)c1. The first-order valence-corrected chi connectivity index (χ1v) is 10.6. The summed E-state index contributed by atoms with van der Waals surface area (Å²) < 4.78 is 46.0. The standard InChI is InChI=1S/C22H21FN2O4S/c1-15-4-3-5-19(12-15)24-22(26)14-29-21-11-10-20(13-16(21)2)30(27,28)25-18-8-6-17(23)7-9-18/h3-13,25H,14H2,1-2H3,(H,24,26). The lowest BCUT2D eigenvalue weighted by atomic mass is 10.2. The van der Waals surface area contributed by atoms with Crippen molar-refractivity contribution in [1.82, 2.24) is 0 Å². The third-order valence-electron chi connectivity index (χ3n) is 4.21. The largest absolute Gasteiger partial charge is 0.483 e. The molecule has 3 rings (SSSR count). The molecule has 8 heteroatoms. The molecule has 0 saturated heterocycles. The van der Waals surface area contributed by atoms with Crippen molar-refractivity contribution < 1.29 is 22.3 Å². The van der Waals surface area contributed by atoms with E-state index in [1.165, 1.54) is 42.5 Å². The smallest absolute Gasteiger partial charge is 0.262 e. The van der Waals surface area contributed by atoms with Crippen LogP contribution >= 0.6 is 0 Å². The highest BCUT2D eigenvalue weighted by Gasteiger charge is 2.16. The normalized spacial score (nSPS) is 11.0. The maximum Gasteiger partial charge on any atom is 0.262 e. The van der Waals surface area contributed by atoms with E-state index in [1.807, 2.05) is 25.1 Å². The fourth-order valence-electron chi connectivity index (χ4n) is 2.75. The fraction of sp³-hybridized carbons (Fsp3) is 0.136. The second-order valence-corrected chi connectivity index (χ2v) is 8.43. The highest BCUT2D eigenvalue weighted by Crippen LogP contribution is 2.24. The molecule has 0 unspecified atom stereocenters. The van der Waals surface area contributed by atoms with E-state index >= 15 is 0 Å². The first kappa shape index (κ1) is 21.3. The van der Waals surface area contributed by atoms with Crippen molar-refractivity contribution in [2.24, 2.45) is 0 Å². The molecular weight excluding hydrogens is 407 g/mol. The number of carbonyl (C=O) groups excluding carboxylic acids is 1. The zero-order valence-corrected chi connectivity index (χ0v) is 17.3. The van der Waals surface area contributed by atoms with Gasteiger partial charge in [0.25, 0.3) is 15.9 Å². The molecule has 0 aliphatic carbocycles. The lowest BCUT2D eigenvalue weighted by Gasteiger charge is -2.12. The maximum atomic E-state index is 13.0. The van der Waals surface area contributed by atoms with Crippen LogP contribution in [0.3, 0.4) is 0 Å². The third kappa shape index (κ3) is 5.57. The van der Waals surface area contributed by atoms with Crippen molar-refractivity contribution in [3.05, 3.63) is 83.7 Å². The molecule has 0 fully saturated rings. The van der Waals surface area contributed by atoms with Crippen LogP contribution in [-0.4, -0.2) is 20.9 Å². The van der Waals surface area contributed by atoms with Gasteiger partial charge >= 0.3 is 0 Å². The summed E-state index contributed by atoms with van der Waals surface area (Å²) in [6.07, 6.45) is 0. The Bertz CT molecular complexity index is 1160. The summed E-state index contributed by atoms with van der Waals surface area (Å²) in [6.45, 7) is 3.40. The Kier molecular flexibility index (Phi) is 6.37. The number of nitrogens with one attached hydrogen (secondary N) is 2. The fourth-order valence-corrected chi connectivity index (χ4v) is 3.89. The van der Waals surface area contributed by atoms with Crippen LogP contribution in [0.1, 0.15) is 11.1 Å². The molecule has 0 aliphatic heterocycles. The van der Waals surface area contributed by atoms with Crippen LogP contribution < -0.4 is 14.8 Å². The summed E-state index contributed by atoms with van der Waals surface area (Å²) in [7, 11) is -3.85. The van der Waals surface area contributed by atoms with Crippen LogP contribution in [0.5, 0.6) is 5.75 Å². The number of hydrogen-bond donors (Lipinski definition) is 2. The van der Waals surface area contributed by atoms with E-state index in [9.17, 15) is 17.6 Å². The van der Waals surface area contributed by atoms with Crippen molar-refractivity contribution in [1.29, 1.82) is 0 Å². The van der Waals surface area contributed by atoms with Crippen molar-refractivity contribution >= 4 is 27.3 Å². The zero-order chi connectivity index (χ0) is 21.7. The number of anilines is 2. The van der Waals surface area contributed by atoms with E-state index in [1.54, 1.807) is 13.0 Å². The Labute approximate surface area is 174 Å². The molecule has 0 atom stereocenters. The van der Waals surface area contributed by atoms with Crippen LogP contribution in [0.2, 0.25) is 0 Å². The van der Waals surface area contributed by atoms with Crippen molar-refractivity contribution in [3.63, 3.8) is 0 Å². The molecule has 0 saturated carbocycles. The number of aryl methyl sites for hydroxylation is 2. The molecule has 0 heterocycles. The van der Waals surface area contributed by atoms with Crippen LogP contribution in [0.4, 0.5) is 15.8 Å². The number of amides is 1. The predicted molar refractivity (Wildman–Crippen MR) is 114 cm³/mol. The molecule has 3 aromatic rings. The Morgan fingerprint density at radius 1 is 0.967 bits per heavy atom. The second-order valence-electron chi connectivity index (χ2n) is 6.75. The monoisotopic (exact) mass is 428 g/mol. The lowest BCUT2D eigenvalue weighted by Crippen LogP contribution is -2.20. The van der Waals surface area contributed by atoms with E-state index in [2.05, 4.69) is 10.0 Å². The first-order valence-electron chi connectivity index (χ1n) is 9.11. The molecule has 6 nitrogen and oxygen atoms in total. The number of carbonyl (C=O) groups is 1. The number of sulfonamides is 1. The molecule has 3 aromatic carbocycles. The topological polar surface area (TPSA) is 84.5 Å². The van der Waals surface area contributed by atoms with Crippen LogP contribution in [-0.2, 0) is 14.8 Å². The molecule has 0 bridgehead atoms. The van der Waals surface area contributed by atoms with Gasteiger partial charge in [0.1, 0.15) is 11.6 Å². The van der Waals surface area contributed by atoms with Crippen LogP contribution in [0.15, 0.2) is 71.6 Å². The Balaban J connectivity index is 1.64. The minimum absolute atomic E-state index is 0.0286. The average molecular weight is 428 g/mol. The van der Waals surface area contributed by atoms with Gasteiger partial charge in [-0.2, -0.15) is 0 Å². The van der Waals surface area contributed by atoms with Crippen molar-refractivity contribution in [3.8, 4) is 5.75 Å². The number of hydrogen-bond acceptors (Lipinski definition) is 4. The van der Waals surface area contributed by atoms with Crippen LogP contribution in [0.25, 0.3) is 0 Å². The lowest BCUT2D eigenvalue weighted by molar-refractivity contribution is -0.118. The van der Waals surface area contributed by atoms with Gasteiger partial charge in [-0.1, -0.05) is 12.1 Å². The van der Waals surface area contributed by atoms with Gasteiger partial charge in [-0.3, -0.25) is 9.52 Å². The quantitative estimate of drug-likeness (QED) is 0.589. The van der Waals surface area contributed by atoms with E-state index in [0.29, 0.717) is 17.0 Å². The molecule has 0 spiro atoms. The minimum Gasteiger partial charge on any atom is -0.483 e.